The quantitative estimate of drug-likeness (QED) is 0.839. The van der Waals surface area contributed by atoms with Gasteiger partial charge < -0.3 is 5.32 Å². The van der Waals surface area contributed by atoms with Crippen LogP contribution in [-0.4, -0.2) is 17.7 Å². The fourth-order valence-electron chi connectivity index (χ4n) is 3.09. The summed E-state index contributed by atoms with van der Waals surface area (Å²) in [7, 11) is 0. The number of amides is 3. The SMILES string of the molecule is CCC(NC(=O)c1ccc(N2C(=O)CCC2=O)cc1)c1ccc(C)cc1. The average Bonchev–Trinajstić information content (AvgIpc) is 2.99. The van der Waals surface area contributed by atoms with Crippen LogP contribution in [0.2, 0.25) is 0 Å². The van der Waals surface area contributed by atoms with E-state index in [1.807, 2.05) is 38.1 Å². The predicted molar refractivity (Wildman–Crippen MR) is 99.8 cm³/mol. The molecule has 1 aliphatic heterocycles. The Bertz CT molecular complexity index is 809. The molecular weight excluding hydrogens is 328 g/mol. The van der Waals surface area contributed by atoms with Crippen LogP contribution in [0, 0.1) is 6.92 Å². The van der Waals surface area contributed by atoms with Gasteiger partial charge >= 0.3 is 0 Å². The molecule has 0 radical (unpaired) electrons. The molecule has 3 amide bonds. The maximum absolute atomic E-state index is 12.6. The molecule has 1 unspecified atom stereocenters. The molecular formula is C21H22N2O3. The Morgan fingerprint density at radius 3 is 2.12 bits per heavy atom. The number of nitrogens with zero attached hydrogens (tertiary/aromatic N) is 1. The molecule has 5 nitrogen and oxygen atoms in total. The first-order chi connectivity index (χ1) is 12.5. The third-order valence-electron chi connectivity index (χ3n) is 4.63. The lowest BCUT2D eigenvalue weighted by molar-refractivity contribution is -0.121. The van der Waals surface area contributed by atoms with Gasteiger partial charge in [-0.15, -0.1) is 0 Å². The lowest BCUT2D eigenvalue weighted by Crippen LogP contribution is -2.29. The van der Waals surface area contributed by atoms with Gasteiger partial charge in [-0.25, -0.2) is 0 Å². The van der Waals surface area contributed by atoms with Gasteiger partial charge in [-0.2, -0.15) is 0 Å². The molecule has 1 fully saturated rings. The van der Waals surface area contributed by atoms with E-state index < -0.39 is 0 Å². The Morgan fingerprint density at radius 1 is 1.00 bits per heavy atom. The Kier molecular flexibility index (Phi) is 5.16. The molecule has 0 aliphatic carbocycles. The van der Waals surface area contributed by atoms with Gasteiger partial charge in [0.15, 0.2) is 0 Å². The van der Waals surface area contributed by atoms with Crippen molar-refractivity contribution in [2.24, 2.45) is 0 Å². The van der Waals surface area contributed by atoms with Gasteiger partial charge in [0.05, 0.1) is 11.7 Å². The van der Waals surface area contributed by atoms with E-state index >= 15 is 0 Å². The van der Waals surface area contributed by atoms with Crippen LogP contribution >= 0.6 is 0 Å². The monoisotopic (exact) mass is 350 g/mol. The predicted octanol–water partition coefficient (Wildman–Crippen LogP) is 3.53. The minimum Gasteiger partial charge on any atom is -0.345 e. The lowest BCUT2D eigenvalue weighted by atomic mass is 10.0. The number of benzene rings is 2. The number of imide groups is 1. The molecule has 1 aliphatic rings. The molecule has 1 N–H and O–H groups in total. The van der Waals surface area contributed by atoms with Crippen molar-refractivity contribution in [3.05, 3.63) is 65.2 Å². The number of carbonyl (C=O) groups is 3. The Labute approximate surface area is 153 Å². The summed E-state index contributed by atoms with van der Waals surface area (Å²) >= 11 is 0. The molecule has 0 bridgehead atoms. The smallest absolute Gasteiger partial charge is 0.251 e. The maximum Gasteiger partial charge on any atom is 0.251 e. The molecule has 134 valence electrons. The van der Waals surface area contributed by atoms with Gasteiger partial charge in [0.2, 0.25) is 11.8 Å². The van der Waals surface area contributed by atoms with Crippen molar-refractivity contribution in [1.29, 1.82) is 0 Å². The van der Waals surface area contributed by atoms with Gasteiger partial charge in [-0.05, 0) is 43.2 Å². The molecule has 26 heavy (non-hydrogen) atoms. The summed E-state index contributed by atoms with van der Waals surface area (Å²) in [6.45, 7) is 4.05. The van der Waals surface area contributed by atoms with E-state index in [2.05, 4.69) is 5.32 Å². The van der Waals surface area contributed by atoms with Gasteiger partial charge in [0.25, 0.3) is 5.91 Å². The molecule has 1 heterocycles. The fourth-order valence-corrected chi connectivity index (χ4v) is 3.09. The van der Waals surface area contributed by atoms with Crippen LogP contribution < -0.4 is 10.2 Å². The van der Waals surface area contributed by atoms with Gasteiger partial charge in [0, 0.05) is 18.4 Å². The molecule has 0 saturated carbocycles. The van der Waals surface area contributed by atoms with Crippen molar-refractivity contribution in [1.82, 2.24) is 5.32 Å². The third-order valence-corrected chi connectivity index (χ3v) is 4.63. The maximum atomic E-state index is 12.6. The van der Waals surface area contributed by atoms with Crippen molar-refractivity contribution in [3.8, 4) is 0 Å². The van der Waals surface area contributed by atoms with Crippen molar-refractivity contribution in [2.75, 3.05) is 4.90 Å². The molecule has 0 spiro atoms. The molecule has 0 aromatic heterocycles. The number of rotatable bonds is 5. The Morgan fingerprint density at radius 2 is 1.58 bits per heavy atom. The van der Waals surface area contributed by atoms with E-state index in [0.717, 1.165) is 12.0 Å². The molecule has 1 atom stereocenters. The third kappa shape index (κ3) is 3.67. The second kappa shape index (κ2) is 7.52. The lowest BCUT2D eigenvalue weighted by Gasteiger charge is -2.18. The summed E-state index contributed by atoms with van der Waals surface area (Å²) in [6.07, 6.45) is 1.27. The first-order valence-corrected chi connectivity index (χ1v) is 8.83. The van der Waals surface area contributed by atoms with Crippen LogP contribution in [0.15, 0.2) is 48.5 Å². The van der Waals surface area contributed by atoms with Crippen LogP contribution in [0.1, 0.15) is 53.7 Å². The normalized spacial score (nSPS) is 15.2. The topological polar surface area (TPSA) is 66.5 Å². The second-order valence-corrected chi connectivity index (χ2v) is 6.51. The summed E-state index contributed by atoms with van der Waals surface area (Å²) in [5.41, 5.74) is 3.26. The zero-order valence-electron chi connectivity index (χ0n) is 15.0. The highest BCUT2D eigenvalue weighted by atomic mass is 16.2. The van der Waals surface area contributed by atoms with Crippen LogP contribution in [0.4, 0.5) is 5.69 Å². The van der Waals surface area contributed by atoms with Crippen molar-refractivity contribution in [3.63, 3.8) is 0 Å². The second-order valence-electron chi connectivity index (χ2n) is 6.51. The molecule has 5 heteroatoms. The number of hydrogen-bond acceptors (Lipinski definition) is 3. The van der Waals surface area contributed by atoms with E-state index in [-0.39, 0.29) is 36.6 Å². The van der Waals surface area contributed by atoms with Gasteiger partial charge in [-0.3, -0.25) is 19.3 Å². The Balaban J connectivity index is 1.72. The van der Waals surface area contributed by atoms with Gasteiger partial charge in [0.1, 0.15) is 0 Å². The first kappa shape index (κ1) is 17.9. The van der Waals surface area contributed by atoms with E-state index in [9.17, 15) is 14.4 Å². The van der Waals surface area contributed by atoms with E-state index in [1.54, 1.807) is 24.3 Å². The zero-order valence-corrected chi connectivity index (χ0v) is 15.0. The number of anilines is 1. The minimum absolute atomic E-state index is 0.0653. The minimum atomic E-state index is -0.197. The standard InChI is InChI=1S/C21H22N2O3/c1-3-18(15-6-4-14(2)5-7-15)22-21(26)16-8-10-17(11-9-16)23-19(24)12-13-20(23)25/h4-11,18H,3,12-13H2,1-2H3,(H,22,26). The summed E-state index contributed by atoms with van der Waals surface area (Å²) in [5.74, 6) is -0.571. The summed E-state index contributed by atoms with van der Waals surface area (Å²) in [5, 5.41) is 3.04. The van der Waals surface area contributed by atoms with Crippen molar-refractivity contribution >= 4 is 23.4 Å². The van der Waals surface area contributed by atoms with E-state index in [4.69, 9.17) is 0 Å². The van der Waals surface area contributed by atoms with E-state index in [1.165, 1.54) is 10.5 Å². The fraction of sp³-hybridized carbons (Fsp3) is 0.286. The zero-order chi connectivity index (χ0) is 18.7. The summed E-state index contributed by atoms with van der Waals surface area (Å²) in [4.78, 5) is 37.3. The van der Waals surface area contributed by atoms with E-state index in [0.29, 0.717) is 11.3 Å². The van der Waals surface area contributed by atoms with Crippen LogP contribution in [-0.2, 0) is 9.59 Å². The summed E-state index contributed by atoms with van der Waals surface area (Å²) in [6, 6.07) is 14.6. The molecule has 2 aromatic rings. The number of carbonyl (C=O) groups excluding carboxylic acids is 3. The van der Waals surface area contributed by atoms with Crippen molar-refractivity contribution in [2.45, 2.75) is 39.2 Å². The molecule has 2 aromatic carbocycles. The highest BCUT2D eigenvalue weighted by molar-refractivity contribution is 6.19. The number of aryl methyl sites for hydroxylation is 1. The van der Waals surface area contributed by atoms with Crippen molar-refractivity contribution < 1.29 is 14.4 Å². The van der Waals surface area contributed by atoms with Crippen LogP contribution in [0.25, 0.3) is 0 Å². The highest BCUT2D eigenvalue weighted by Gasteiger charge is 2.30. The Hall–Kier alpha value is -2.95. The first-order valence-electron chi connectivity index (χ1n) is 8.83. The van der Waals surface area contributed by atoms with Gasteiger partial charge in [-0.1, -0.05) is 36.8 Å². The molecule has 1 saturated heterocycles. The summed E-state index contributed by atoms with van der Waals surface area (Å²) < 4.78 is 0. The number of hydrogen-bond donors (Lipinski definition) is 1. The largest absolute Gasteiger partial charge is 0.345 e. The van der Waals surface area contributed by atoms with Crippen LogP contribution in [0.5, 0.6) is 0 Å². The average molecular weight is 350 g/mol. The van der Waals surface area contributed by atoms with Crippen LogP contribution in [0.3, 0.4) is 0 Å². The highest BCUT2D eigenvalue weighted by Crippen LogP contribution is 2.23. The number of nitrogens with one attached hydrogen (secondary N) is 1. The molecule has 3 rings (SSSR count).